The van der Waals surface area contributed by atoms with Gasteiger partial charge in [-0.3, -0.25) is 9.69 Å². The number of anilines is 1. The van der Waals surface area contributed by atoms with Gasteiger partial charge in [0.2, 0.25) is 0 Å². The van der Waals surface area contributed by atoms with Crippen molar-refractivity contribution in [1.29, 1.82) is 0 Å². The summed E-state index contributed by atoms with van der Waals surface area (Å²) < 4.78 is 10.5. The van der Waals surface area contributed by atoms with Crippen molar-refractivity contribution in [2.45, 2.75) is 6.92 Å². The van der Waals surface area contributed by atoms with E-state index in [2.05, 4.69) is 11.6 Å². The lowest BCUT2D eigenvalue weighted by Gasteiger charge is -2.19. The van der Waals surface area contributed by atoms with Crippen LogP contribution in [0.4, 0.5) is 5.69 Å². The number of amidine groups is 1. The number of rotatable bonds is 6. The maximum Gasteiger partial charge on any atom is 0.283 e. The summed E-state index contributed by atoms with van der Waals surface area (Å²) in [5, 5.41) is 1.06. The molecule has 29 heavy (non-hydrogen) atoms. The molecule has 1 heterocycles. The van der Waals surface area contributed by atoms with E-state index in [1.807, 2.05) is 31.2 Å². The van der Waals surface area contributed by atoms with Gasteiger partial charge in [-0.1, -0.05) is 47.6 Å². The van der Waals surface area contributed by atoms with Gasteiger partial charge in [0.05, 0.1) is 24.9 Å². The SMILES string of the molecule is C=C(C)CSC1=N/C(=C\c2ccc(OC)cc2)C(=O)N1c1ccc(Cl)c(OC)c1. The van der Waals surface area contributed by atoms with Gasteiger partial charge in [-0.25, -0.2) is 4.99 Å². The lowest BCUT2D eigenvalue weighted by atomic mass is 10.2. The number of aliphatic imine (C=N–C) groups is 1. The molecule has 0 spiro atoms. The lowest BCUT2D eigenvalue weighted by molar-refractivity contribution is -0.113. The Balaban J connectivity index is 1.98. The van der Waals surface area contributed by atoms with E-state index in [1.165, 1.54) is 18.9 Å². The van der Waals surface area contributed by atoms with Crippen LogP contribution in [0.2, 0.25) is 5.02 Å². The summed E-state index contributed by atoms with van der Waals surface area (Å²) in [5.41, 5.74) is 2.85. The van der Waals surface area contributed by atoms with Crippen LogP contribution in [0.5, 0.6) is 11.5 Å². The van der Waals surface area contributed by atoms with E-state index in [0.29, 0.717) is 33.1 Å². The average molecular weight is 429 g/mol. The van der Waals surface area contributed by atoms with Crippen LogP contribution in [0.15, 0.2) is 65.3 Å². The second kappa shape index (κ2) is 9.20. The van der Waals surface area contributed by atoms with Crippen LogP contribution in [0.1, 0.15) is 12.5 Å². The van der Waals surface area contributed by atoms with Gasteiger partial charge < -0.3 is 9.47 Å². The molecule has 150 valence electrons. The number of thioether (sulfide) groups is 1. The number of amides is 1. The summed E-state index contributed by atoms with van der Waals surface area (Å²) in [6, 6.07) is 12.6. The van der Waals surface area contributed by atoms with Crippen molar-refractivity contribution in [3.8, 4) is 11.5 Å². The molecule has 1 aliphatic rings. The zero-order chi connectivity index (χ0) is 21.0. The van der Waals surface area contributed by atoms with Crippen molar-refractivity contribution in [2.24, 2.45) is 4.99 Å². The quantitative estimate of drug-likeness (QED) is 0.456. The highest BCUT2D eigenvalue weighted by atomic mass is 35.5. The molecule has 0 bridgehead atoms. The third kappa shape index (κ3) is 4.83. The highest BCUT2D eigenvalue weighted by molar-refractivity contribution is 8.14. The minimum absolute atomic E-state index is 0.214. The number of benzene rings is 2. The highest BCUT2D eigenvalue weighted by Gasteiger charge is 2.32. The molecular formula is C22H21ClN2O3S. The van der Waals surface area contributed by atoms with Gasteiger partial charge in [-0.2, -0.15) is 0 Å². The fourth-order valence-corrected chi connectivity index (χ4v) is 3.70. The highest BCUT2D eigenvalue weighted by Crippen LogP contribution is 2.34. The van der Waals surface area contributed by atoms with Crippen LogP contribution < -0.4 is 14.4 Å². The summed E-state index contributed by atoms with van der Waals surface area (Å²) in [5.74, 6) is 1.69. The van der Waals surface area contributed by atoms with E-state index in [-0.39, 0.29) is 5.91 Å². The second-order valence-electron chi connectivity index (χ2n) is 6.40. The Morgan fingerprint density at radius 1 is 1.21 bits per heavy atom. The van der Waals surface area contributed by atoms with Crippen LogP contribution in [-0.2, 0) is 4.79 Å². The largest absolute Gasteiger partial charge is 0.497 e. The third-order valence-electron chi connectivity index (χ3n) is 4.09. The van der Waals surface area contributed by atoms with Crippen LogP contribution >= 0.6 is 23.4 Å². The zero-order valence-electron chi connectivity index (χ0n) is 16.4. The number of halogens is 1. The second-order valence-corrected chi connectivity index (χ2v) is 7.75. The number of hydrogen-bond acceptors (Lipinski definition) is 5. The predicted molar refractivity (Wildman–Crippen MR) is 121 cm³/mol. The molecule has 0 fully saturated rings. The van der Waals surface area contributed by atoms with Crippen molar-refractivity contribution in [2.75, 3.05) is 24.9 Å². The van der Waals surface area contributed by atoms with Crippen molar-refractivity contribution < 1.29 is 14.3 Å². The van der Waals surface area contributed by atoms with Gasteiger partial charge >= 0.3 is 0 Å². The number of hydrogen-bond donors (Lipinski definition) is 0. The van der Waals surface area contributed by atoms with E-state index in [1.54, 1.807) is 36.3 Å². The van der Waals surface area contributed by atoms with Gasteiger partial charge in [0.25, 0.3) is 5.91 Å². The average Bonchev–Trinajstić information content (AvgIpc) is 3.02. The standard InChI is InChI=1S/C22H21ClN2O3S/c1-14(2)13-29-22-24-19(11-15-5-8-17(27-3)9-6-15)21(26)25(22)16-7-10-18(23)20(12-16)28-4/h5-12H,1,13H2,2-4H3/b19-11-. The van der Waals surface area contributed by atoms with E-state index >= 15 is 0 Å². The fourth-order valence-electron chi connectivity index (χ4n) is 2.65. The molecule has 2 aromatic rings. The molecule has 0 aliphatic carbocycles. The topological polar surface area (TPSA) is 51.1 Å². The Morgan fingerprint density at radius 3 is 2.55 bits per heavy atom. The Kier molecular flexibility index (Phi) is 6.67. The van der Waals surface area contributed by atoms with E-state index in [4.69, 9.17) is 21.1 Å². The molecule has 7 heteroatoms. The molecule has 2 aromatic carbocycles. The molecule has 3 rings (SSSR count). The van der Waals surface area contributed by atoms with Crippen molar-refractivity contribution in [3.05, 3.63) is 70.9 Å². The summed E-state index contributed by atoms with van der Waals surface area (Å²) >= 11 is 7.60. The predicted octanol–water partition coefficient (Wildman–Crippen LogP) is 5.41. The normalized spacial score (nSPS) is 14.9. The number of carbonyl (C=O) groups is 1. The number of ether oxygens (including phenoxy) is 2. The van der Waals surface area contributed by atoms with Gasteiger partial charge in [0.1, 0.15) is 17.2 Å². The summed E-state index contributed by atoms with van der Waals surface area (Å²) in [6.07, 6.45) is 1.76. The molecule has 0 saturated heterocycles. The van der Waals surface area contributed by atoms with Crippen LogP contribution in [0, 0.1) is 0 Å². The summed E-state index contributed by atoms with van der Waals surface area (Å²) in [7, 11) is 3.15. The first-order valence-corrected chi connectivity index (χ1v) is 10.2. The molecule has 0 saturated carbocycles. The molecule has 0 unspecified atom stereocenters. The smallest absolute Gasteiger partial charge is 0.283 e. The first-order valence-electron chi connectivity index (χ1n) is 8.82. The molecule has 0 atom stereocenters. The molecule has 0 radical (unpaired) electrons. The van der Waals surface area contributed by atoms with Crippen LogP contribution in [0.25, 0.3) is 6.08 Å². The third-order valence-corrected chi connectivity index (χ3v) is 5.57. The first-order chi connectivity index (χ1) is 13.9. The zero-order valence-corrected chi connectivity index (χ0v) is 18.0. The van der Waals surface area contributed by atoms with E-state index < -0.39 is 0 Å². The van der Waals surface area contributed by atoms with E-state index in [9.17, 15) is 4.79 Å². The fraction of sp³-hybridized carbons (Fsp3) is 0.182. The minimum atomic E-state index is -0.214. The molecule has 1 amide bonds. The van der Waals surface area contributed by atoms with Crippen molar-refractivity contribution in [1.82, 2.24) is 0 Å². The van der Waals surface area contributed by atoms with Gasteiger partial charge in [-0.15, -0.1) is 0 Å². The molecule has 0 N–H and O–H groups in total. The maximum absolute atomic E-state index is 13.2. The molecular weight excluding hydrogens is 408 g/mol. The Bertz CT molecular complexity index is 1000. The monoisotopic (exact) mass is 428 g/mol. The number of methoxy groups -OCH3 is 2. The van der Waals surface area contributed by atoms with Gasteiger partial charge in [-0.05, 0) is 42.8 Å². The van der Waals surface area contributed by atoms with Crippen LogP contribution in [-0.4, -0.2) is 31.0 Å². The molecule has 1 aliphatic heterocycles. The maximum atomic E-state index is 13.2. The minimum Gasteiger partial charge on any atom is -0.497 e. The molecule has 5 nitrogen and oxygen atoms in total. The van der Waals surface area contributed by atoms with Crippen molar-refractivity contribution in [3.63, 3.8) is 0 Å². The van der Waals surface area contributed by atoms with Crippen LogP contribution in [0.3, 0.4) is 0 Å². The van der Waals surface area contributed by atoms with Gasteiger partial charge in [0, 0.05) is 11.8 Å². The van der Waals surface area contributed by atoms with E-state index in [0.717, 1.165) is 16.9 Å². The first kappa shape index (κ1) is 21.0. The van der Waals surface area contributed by atoms with Crippen molar-refractivity contribution >= 4 is 46.2 Å². The number of carbonyl (C=O) groups excluding carboxylic acids is 1. The number of nitrogens with zero attached hydrogens (tertiary/aromatic N) is 2. The molecule has 0 aromatic heterocycles. The Morgan fingerprint density at radius 2 is 1.93 bits per heavy atom. The Labute approximate surface area is 179 Å². The lowest BCUT2D eigenvalue weighted by Crippen LogP contribution is -2.30. The Hall–Kier alpha value is -2.70. The summed E-state index contributed by atoms with van der Waals surface area (Å²) in [6.45, 7) is 5.87. The summed E-state index contributed by atoms with van der Waals surface area (Å²) in [4.78, 5) is 19.3. The van der Waals surface area contributed by atoms with Gasteiger partial charge in [0.15, 0.2) is 5.17 Å².